The molecule has 1 aliphatic heterocycles. The summed E-state index contributed by atoms with van der Waals surface area (Å²) >= 11 is 18.9. The van der Waals surface area contributed by atoms with Gasteiger partial charge in [-0.2, -0.15) is 0 Å². The van der Waals surface area contributed by atoms with Crippen LogP contribution in [0.4, 0.5) is 4.39 Å². The number of halogens is 3. The molecule has 0 spiro atoms. The van der Waals surface area contributed by atoms with Crippen LogP contribution in [0.25, 0.3) is 6.08 Å². The summed E-state index contributed by atoms with van der Waals surface area (Å²) < 4.78 is 19.4. The summed E-state index contributed by atoms with van der Waals surface area (Å²) in [6.45, 7) is 0.652. The van der Waals surface area contributed by atoms with Crippen molar-refractivity contribution in [3.63, 3.8) is 0 Å². The first-order chi connectivity index (χ1) is 15.4. The molecule has 1 aliphatic rings. The lowest BCUT2D eigenvalue weighted by Crippen LogP contribution is -2.27. The zero-order valence-corrected chi connectivity index (χ0v) is 19.7. The van der Waals surface area contributed by atoms with E-state index in [2.05, 4.69) is 0 Å². The van der Waals surface area contributed by atoms with Crippen LogP contribution in [0.5, 0.6) is 5.75 Å². The Morgan fingerprint density at radius 2 is 1.69 bits per heavy atom. The summed E-state index contributed by atoms with van der Waals surface area (Å²) in [5.41, 5.74) is 2.53. The average Bonchev–Trinajstić information content (AvgIpc) is 3.03. The largest absolute Gasteiger partial charge is 0.487 e. The Kier molecular flexibility index (Phi) is 7.16. The van der Waals surface area contributed by atoms with E-state index in [1.165, 1.54) is 28.8 Å². The fraction of sp³-hybridized carbons (Fsp3) is 0.0833. The van der Waals surface area contributed by atoms with Crippen LogP contribution in [-0.2, 0) is 17.9 Å². The summed E-state index contributed by atoms with van der Waals surface area (Å²) in [6.07, 6.45) is 1.75. The Bertz CT molecular complexity index is 1200. The first-order valence-electron chi connectivity index (χ1n) is 9.55. The number of carbonyl (C=O) groups is 1. The molecule has 1 saturated heterocycles. The second-order valence-electron chi connectivity index (χ2n) is 7.00. The average molecular weight is 504 g/mol. The van der Waals surface area contributed by atoms with Gasteiger partial charge in [0.25, 0.3) is 5.91 Å². The molecule has 0 aliphatic carbocycles. The van der Waals surface area contributed by atoms with Gasteiger partial charge in [0, 0.05) is 5.02 Å². The van der Waals surface area contributed by atoms with Gasteiger partial charge in [0.15, 0.2) is 0 Å². The van der Waals surface area contributed by atoms with Crippen LogP contribution in [-0.4, -0.2) is 15.1 Å². The van der Waals surface area contributed by atoms with Gasteiger partial charge in [0.1, 0.15) is 22.5 Å². The van der Waals surface area contributed by atoms with E-state index >= 15 is 0 Å². The van der Waals surface area contributed by atoms with Crippen molar-refractivity contribution in [3.8, 4) is 5.75 Å². The predicted molar refractivity (Wildman–Crippen MR) is 132 cm³/mol. The Morgan fingerprint density at radius 1 is 1.00 bits per heavy atom. The topological polar surface area (TPSA) is 29.5 Å². The molecule has 4 rings (SSSR count). The van der Waals surface area contributed by atoms with Gasteiger partial charge in [-0.25, -0.2) is 4.39 Å². The van der Waals surface area contributed by atoms with Gasteiger partial charge in [0.05, 0.1) is 16.5 Å². The minimum absolute atomic E-state index is 0.191. The SMILES string of the molecule is O=C1/C(=C/c2ccc(OCc3ccc(Cl)cc3)c(Cl)c2)SC(=S)N1Cc1ccc(F)cc1. The third-order valence-electron chi connectivity index (χ3n) is 4.69. The number of hydrogen-bond donors (Lipinski definition) is 0. The molecular formula is C24H16Cl2FNO2S2. The van der Waals surface area contributed by atoms with E-state index in [-0.39, 0.29) is 11.7 Å². The third-order valence-corrected chi connectivity index (χ3v) is 6.61. The molecule has 1 heterocycles. The van der Waals surface area contributed by atoms with Crippen molar-refractivity contribution in [2.45, 2.75) is 13.2 Å². The summed E-state index contributed by atoms with van der Waals surface area (Å²) in [6, 6.07) is 18.7. The number of amides is 1. The van der Waals surface area contributed by atoms with Gasteiger partial charge >= 0.3 is 0 Å². The number of thioether (sulfide) groups is 1. The van der Waals surface area contributed by atoms with Gasteiger partial charge in [-0.1, -0.05) is 77.5 Å². The standard InChI is InChI=1S/C24H16Cl2FNO2S2/c25-18-6-1-16(2-7-18)14-30-21-10-5-17(11-20(21)26)12-22-23(29)28(24(31)32-22)13-15-3-8-19(27)9-4-15/h1-12H,13-14H2/b22-12-. The van der Waals surface area contributed by atoms with Crippen LogP contribution in [0.2, 0.25) is 10.0 Å². The number of ether oxygens (including phenoxy) is 1. The third kappa shape index (κ3) is 5.51. The fourth-order valence-electron chi connectivity index (χ4n) is 3.03. The number of nitrogens with zero attached hydrogens (tertiary/aromatic N) is 1. The molecule has 32 heavy (non-hydrogen) atoms. The maximum Gasteiger partial charge on any atom is 0.266 e. The highest BCUT2D eigenvalue weighted by molar-refractivity contribution is 8.26. The van der Waals surface area contributed by atoms with Gasteiger partial charge < -0.3 is 4.74 Å². The smallest absolute Gasteiger partial charge is 0.266 e. The van der Waals surface area contributed by atoms with Crippen LogP contribution in [0.1, 0.15) is 16.7 Å². The molecule has 0 unspecified atom stereocenters. The van der Waals surface area contributed by atoms with Crippen molar-refractivity contribution in [2.75, 3.05) is 0 Å². The van der Waals surface area contributed by atoms with E-state index in [1.807, 2.05) is 18.2 Å². The fourth-order valence-corrected chi connectivity index (χ4v) is 4.65. The molecule has 3 aromatic rings. The molecule has 3 aromatic carbocycles. The maximum absolute atomic E-state index is 13.1. The van der Waals surface area contributed by atoms with Gasteiger partial charge in [-0.15, -0.1) is 0 Å². The predicted octanol–water partition coefficient (Wildman–Crippen LogP) is 7.11. The van der Waals surface area contributed by atoms with Crippen molar-refractivity contribution in [3.05, 3.63) is 104 Å². The molecule has 0 radical (unpaired) electrons. The minimum Gasteiger partial charge on any atom is -0.487 e. The normalized spacial score (nSPS) is 15.0. The maximum atomic E-state index is 13.1. The van der Waals surface area contributed by atoms with Crippen LogP contribution >= 0.6 is 47.2 Å². The molecule has 0 atom stereocenters. The molecule has 1 amide bonds. The molecule has 0 aromatic heterocycles. The highest BCUT2D eigenvalue weighted by Crippen LogP contribution is 2.35. The zero-order chi connectivity index (χ0) is 22.7. The van der Waals surface area contributed by atoms with Crippen molar-refractivity contribution in [1.29, 1.82) is 0 Å². The first kappa shape index (κ1) is 22.8. The second-order valence-corrected chi connectivity index (χ2v) is 9.52. The van der Waals surface area contributed by atoms with Crippen molar-refractivity contribution >= 4 is 63.5 Å². The number of thiocarbonyl (C=S) groups is 1. The molecule has 3 nitrogen and oxygen atoms in total. The van der Waals surface area contributed by atoms with E-state index in [9.17, 15) is 9.18 Å². The Morgan fingerprint density at radius 3 is 2.38 bits per heavy atom. The Labute approximate surface area is 204 Å². The highest BCUT2D eigenvalue weighted by Gasteiger charge is 2.32. The molecule has 8 heteroatoms. The van der Waals surface area contributed by atoms with Crippen molar-refractivity contribution < 1.29 is 13.9 Å². The lowest BCUT2D eigenvalue weighted by molar-refractivity contribution is -0.122. The van der Waals surface area contributed by atoms with E-state index in [4.69, 9.17) is 40.2 Å². The van der Waals surface area contributed by atoms with Crippen LogP contribution in [0.15, 0.2) is 71.6 Å². The zero-order valence-electron chi connectivity index (χ0n) is 16.6. The summed E-state index contributed by atoms with van der Waals surface area (Å²) in [7, 11) is 0. The Balaban J connectivity index is 1.44. The second kappa shape index (κ2) is 10.0. The molecule has 0 saturated carbocycles. The van der Waals surface area contributed by atoms with E-state index in [1.54, 1.807) is 42.5 Å². The minimum atomic E-state index is -0.323. The van der Waals surface area contributed by atoms with Gasteiger partial charge in [-0.05, 0) is 59.2 Å². The molecular weight excluding hydrogens is 488 g/mol. The summed E-state index contributed by atoms with van der Waals surface area (Å²) in [4.78, 5) is 14.8. The molecule has 1 fully saturated rings. The number of carbonyl (C=O) groups excluding carboxylic acids is 1. The van der Waals surface area contributed by atoms with Crippen LogP contribution in [0.3, 0.4) is 0 Å². The van der Waals surface area contributed by atoms with Gasteiger partial charge in [-0.3, -0.25) is 9.69 Å². The van der Waals surface area contributed by atoms with Crippen molar-refractivity contribution in [2.24, 2.45) is 0 Å². The summed E-state index contributed by atoms with van der Waals surface area (Å²) in [5, 5.41) is 1.11. The molecule has 0 N–H and O–H groups in total. The Hall–Kier alpha value is -2.38. The molecule has 162 valence electrons. The first-order valence-corrected chi connectivity index (χ1v) is 11.5. The quantitative estimate of drug-likeness (QED) is 0.264. The number of hydrogen-bond acceptors (Lipinski definition) is 4. The lowest BCUT2D eigenvalue weighted by atomic mass is 10.2. The molecule has 0 bridgehead atoms. The van der Waals surface area contributed by atoms with E-state index in [0.29, 0.717) is 38.2 Å². The number of benzene rings is 3. The summed E-state index contributed by atoms with van der Waals surface area (Å²) in [5.74, 6) is 0.0302. The van der Waals surface area contributed by atoms with Crippen LogP contribution < -0.4 is 4.74 Å². The van der Waals surface area contributed by atoms with E-state index in [0.717, 1.165) is 16.7 Å². The van der Waals surface area contributed by atoms with Crippen LogP contribution in [0, 0.1) is 5.82 Å². The van der Waals surface area contributed by atoms with Gasteiger partial charge in [0.2, 0.25) is 0 Å². The number of rotatable bonds is 6. The highest BCUT2D eigenvalue weighted by atomic mass is 35.5. The van der Waals surface area contributed by atoms with E-state index < -0.39 is 0 Å². The van der Waals surface area contributed by atoms with Crippen molar-refractivity contribution in [1.82, 2.24) is 4.90 Å². The monoisotopic (exact) mass is 503 g/mol. The lowest BCUT2D eigenvalue weighted by Gasteiger charge is -2.14.